The van der Waals surface area contributed by atoms with Crippen LogP contribution in [0.1, 0.15) is 90.8 Å². The Morgan fingerprint density at radius 1 is 0.878 bits per heavy atom. The minimum absolute atomic E-state index is 0.0112. The number of quaternary nitrogens is 1. The number of carbonyl (C=O) groups is 5. The Bertz CT molecular complexity index is 3140. The summed E-state index contributed by atoms with van der Waals surface area (Å²) >= 11 is 2.78. The molecule has 8 rings (SSSR count). The third-order valence-corrected chi connectivity index (χ3v) is 16.5. The van der Waals surface area contributed by atoms with Gasteiger partial charge in [-0.05, 0) is 71.8 Å². The fourth-order valence-corrected chi connectivity index (χ4v) is 12.1. The van der Waals surface area contributed by atoms with Crippen LogP contribution in [0.3, 0.4) is 0 Å². The van der Waals surface area contributed by atoms with Crippen LogP contribution in [0.15, 0.2) is 107 Å². The number of fused-ring (bicyclic) bond motifs is 1. The number of β-lactam (4-membered cyclic amide) rings is 1. The van der Waals surface area contributed by atoms with Gasteiger partial charge < -0.3 is 52.9 Å². The highest BCUT2D eigenvalue weighted by molar-refractivity contribution is 8.00. The zero-order valence-electron chi connectivity index (χ0n) is 47.1. The second kappa shape index (κ2) is 27.4. The van der Waals surface area contributed by atoms with Gasteiger partial charge in [0.05, 0.1) is 76.3 Å². The summed E-state index contributed by atoms with van der Waals surface area (Å²) in [7, 11) is 10.3. The van der Waals surface area contributed by atoms with E-state index in [1.165, 1.54) is 34.1 Å². The van der Waals surface area contributed by atoms with E-state index in [2.05, 4.69) is 15.5 Å². The Hall–Kier alpha value is -7.63. The number of nitrogens with one attached hydrogen (secondary N) is 1. The lowest BCUT2D eigenvalue weighted by Gasteiger charge is -2.50. The monoisotopic (exact) mass is 1160 g/mol. The summed E-state index contributed by atoms with van der Waals surface area (Å²) < 4.78 is 39.1. The van der Waals surface area contributed by atoms with Crippen LogP contribution >= 0.6 is 23.1 Å². The van der Waals surface area contributed by atoms with Gasteiger partial charge in [0.15, 0.2) is 17.2 Å². The van der Waals surface area contributed by atoms with Gasteiger partial charge in [-0.15, -0.1) is 23.1 Å². The number of ether oxygens (including phenoxy) is 6. The summed E-state index contributed by atoms with van der Waals surface area (Å²) in [4.78, 5) is 82.6. The number of pyridine rings is 1. The Morgan fingerprint density at radius 3 is 2.04 bits per heavy atom. The first-order valence-corrected chi connectivity index (χ1v) is 28.8. The standard InChI is InChI=1S/C59H67BN6O14S2/c1-37-62-47(36-81-37)53(63-80-45(29-59(2,3)4)26-52(68)77-33-39-12-18-43(74-6)19-13-39)49(67)27-46-56(70)65-54(58(71)78-34-40-14-20-44(75-7)21-15-40)41(35-82-57(46)65)31-66(23-8-9-24-66)25-22-61-55(69)48-28-50(79-60)51(30-64(48)72)76-32-38-10-16-42(73-5)17-11-38/h10-21,28,30,36,45-46,57H,8-9,22-27,29,31-35H2,1-7H3/p+1/b63-53-/t45-,46-,57-/m1/s1. The Labute approximate surface area is 486 Å². The number of hydrogen-bond acceptors (Lipinski definition) is 18. The van der Waals surface area contributed by atoms with Crippen molar-refractivity contribution in [3.8, 4) is 28.7 Å². The maximum atomic E-state index is 14.6. The smallest absolute Gasteiger partial charge is 0.374 e. The molecular formula is C59H68BN6O14S2+. The minimum atomic E-state index is -0.833. The van der Waals surface area contributed by atoms with Crippen LogP contribution in [0.4, 0.5) is 0 Å². The summed E-state index contributed by atoms with van der Waals surface area (Å²) in [5.74, 6) is -1.24. The Kier molecular flexibility index (Phi) is 20.2. The number of oxime groups is 1. The van der Waals surface area contributed by atoms with E-state index in [0.717, 1.165) is 43.3 Å². The molecule has 20 nitrogen and oxygen atoms in total. The van der Waals surface area contributed by atoms with Crippen LogP contribution in [0, 0.1) is 23.5 Å². The van der Waals surface area contributed by atoms with Crippen molar-refractivity contribution in [2.24, 2.45) is 16.5 Å². The van der Waals surface area contributed by atoms with E-state index in [-0.39, 0.29) is 78.9 Å². The van der Waals surface area contributed by atoms with E-state index in [1.54, 1.807) is 82.2 Å². The average Bonchev–Trinajstić information content (AvgIpc) is 1.86. The fourth-order valence-electron chi connectivity index (χ4n) is 10.1. The van der Waals surface area contributed by atoms with Crippen molar-refractivity contribution < 1.29 is 71.1 Å². The van der Waals surface area contributed by atoms with E-state index < -0.39 is 46.9 Å². The third kappa shape index (κ3) is 15.5. The number of likely N-dealkylation sites (tertiary alicyclic amines) is 1. The quantitative estimate of drug-likeness (QED) is 0.00793. The number of carbonyl (C=O) groups excluding carboxylic acids is 5. The van der Waals surface area contributed by atoms with Crippen LogP contribution in [0.25, 0.3) is 0 Å². The van der Waals surface area contributed by atoms with Gasteiger partial charge in [0, 0.05) is 36.0 Å². The predicted molar refractivity (Wildman–Crippen MR) is 306 cm³/mol. The van der Waals surface area contributed by atoms with Crippen LogP contribution in [0.5, 0.6) is 28.7 Å². The molecule has 0 unspecified atom stereocenters. The highest BCUT2D eigenvalue weighted by Gasteiger charge is 2.55. The number of benzene rings is 3. The number of aromatic nitrogens is 2. The lowest BCUT2D eigenvalue weighted by atomic mass is 9.88. The zero-order valence-corrected chi connectivity index (χ0v) is 48.8. The topological polar surface area (TPSA) is 227 Å². The number of Topliss-reactive ketones (excluding diaryl/α,β-unsaturated/α-hetero) is 1. The molecule has 3 aliphatic rings. The number of aryl methyl sites for hydroxylation is 1. The van der Waals surface area contributed by atoms with E-state index >= 15 is 0 Å². The summed E-state index contributed by atoms with van der Waals surface area (Å²) in [6.45, 7) is 10.3. The van der Waals surface area contributed by atoms with Gasteiger partial charge in [0.1, 0.15) is 61.1 Å². The number of thioether (sulfide) groups is 1. The summed E-state index contributed by atoms with van der Waals surface area (Å²) in [5, 5.41) is 22.3. The largest absolute Gasteiger partial charge is 0.618 e. The molecule has 0 saturated carbocycles. The maximum absolute atomic E-state index is 14.6. The molecule has 23 heteroatoms. The minimum Gasteiger partial charge on any atom is -0.618 e. The molecule has 432 valence electrons. The number of amides is 2. The molecule has 0 aliphatic carbocycles. The molecule has 5 heterocycles. The van der Waals surface area contributed by atoms with Crippen LogP contribution in [-0.4, -0.2) is 129 Å². The molecule has 2 fully saturated rings. The third-order valence-electron chi connectivity index (χ3n) is 14.3. The Morgan fingerprint density at radius 2 is 1.48 bits per heavy atom. The first-order valence-electron chi connectivity index (χ1n) is 26.9. The molecule has 1 N–H and O–H groups in total. The highest BCUT2D eigenvalue weighted by Crippen LogP contribution is 2.46. The molecule has 3 atom stereocenters. The summed E-state index contributed by atoms with van der Waals surface area (Å²) in [6, 6.07) is 22.7. The molecule has 5 aromatic rings. The van der Waals surface area contributed by atoms with E-state index in [1.807, 2.05) is 45.0 Å². The normalized spacial score (nSPS) is 17.0. The number of thiazole rings is 1. The lowest BCUT2D eigenvalue weighted by molar-refractivity contribution is -0.911. The van der Waals surface area contributed by atoms with Gasteiger partial charge in [-0.25, -0.2) is 9.78 Å². The molecule has 0 bridgehead atoms. The highest BCUT2D eigenvalue weighted by atomic mass is 32.2. The van der Waals surface area contributed by atoms with Crippen molar-refractivity contribution in [1.29, 1.82) is 0 Å². The molecule has 2 aromatic heterocycles. The summed E-state index contributed by atoms with van der Waals surface area (Å²) in [6.07, 6.45) is 2.08. The molecule has 3 aromatic carbocycles. The number of hydrogen-bond donors (Lipinski definition) is 1. The number of methoxy groups -OCH3 is 3. The number of rotatable bonds is 27. The van der Waals surface area contributed by atoms with Gasteiger partial charge in [0.2, 0.25) is 17.9 Å². The molecule has 2 amide bonds. The Balaban J connectivity index is 0.976. The molecule has 3 aliphatic heterocycles. The first-order chi connectivity index (χ1) is 39.4. The van der Waals surface area contributed by atoms with Crippen molar-refractivity contribution in [2.45, 2.75) is 91.1 Å². The van der Waals surface area contributed by atoms with Crippen molar-refractivity contribution in [1.82, 2.24) is 15.2 Å². The van der Waals surface area contributed by atoms with Crippen molar-refractivity contribution in [3.05, 3.63) is 140 Å². The molecule has 2 saturated heterocycles. The van der Waals surface area contributed by atoms with Crippen molar-refractivity contribution >= 4 is 66.4 Å². The van der Waals surface area contributed by atoms with E-state index in [4.69, 9.17) is 46.0 Å². The average molecular weight is 1160 g/mol. The second-order valence-electron chi connectivity index (χ2n) is 21.5. The molecule has 82 heavy (non-hydrogen) atoms. The first kappa shape index (κ1) is 60.5. The molecular weight excluding hydrogens is 1090 g/mol. The molecule has 2 radical (unpaired) electrons. The summed E-state index contributed by atoms with van der Waals surface area (Å²) in [5.41, 5.74) is 2.73. The van der Waals surface area contributed by atoms with Crippen molar-refractivity contribution in [3.63, 3.8) is 0 Å². The zero-order chi connectivity index (χ0) is 58.6. The van der Waals surface area contributed by atoms with Crippen LogP contribution in [-0.2, 0) is 53.3 Å². The number of ketones is 1. The fraction of sp³-hybridized carbons (Fsp3) is 0.424. The van der Waals surface area contributed by atoms with Gasteiger partial charge in [-0.2, -0.15) is 4.73 Å². The number of nitrogens with zero attached hydrogens (tertiary/aromatic N) is 5. The van der Waals surface area contributed by atoms with Crippen LogP contribution < -0.4 is 33.6 Å². The van der Waals surface area contributed by atoms with Gasteiger partial charge in [-0.3, -0.25) is 24.1 Å². The van der Waals surface area contributed by atoms with Crippen LogP contribution in [0.2, 0.25) is 0 Å². The van der Waals surface area contributed by atoms with E-state index in [9.17, 15) is 29.2 Å². The van der Waals surface area contributed by atoms with E-state index in [0.29, 0.717) is 67.9 Å². The number of esters is 2. The van der Waals surface area contributed by atoms with Gasteiger partial charge >= 0.3 is 25.9 Å². The predicted octanol–water partition coefficient (Wildman–Crippen LogP) is 7.34. The SMILES string of the molecule is [B]Oc1cc(C(=O)NCC[N+]2(CC3=C(C(=O)OCc4ccc(OC)cc4)N4C(=O)[C@@H](CC(=O)/C(=N\O[C@H](CC(=O)OCc5ccc(OC)cc5)CC(C)(C)C)c5csc(C)n5)[C@H]4SC3)CCCC2)[n+]([O-])cc1OCc1ccc(OC)cc1. The lowest BCUT2D eigenvalue weighted by Crippen LogP contribution is -2.63. The van der Waals surface area contributed by atoms with Gasteiger partial charge in [-0.1, -0.05) is 62.3 Å². The molecule has 0 spiro atoms. The van der Waals surface area contributed by atoms with Gasteiger partial charge in [0.25, 0.3) is 5.69 Å². The maximum Gasteiger partial charge on any atom is 0.374 e. The second-order valence-corrected chi connectivity index (χ2v) is 23.7. The van der Waals surface area contributed by atoms with Crippen molar-refractivity contribution in [2.75, 3.05) is 59.8 Å².